The Labute approximate surface area is 157 Å². The molecular weight excluding hydrogens is 384 g/mol. The first-order valence-electron chi connectivity index (χ1n) is 8.09. The van der Waals surface area contributed by atoms with Gasteiger partial charge in [0.2, 0.25) is 5.91 Å². The molecule has 0 saturated heterocycles. The Hall–Kier alpha value is -1.17. The summed E-state index contributed by atoms with van der Waals surface area (Å²) < 4.78 is 1.04. The maximum atomic E-state index is 12.3. The standard InChI is InChI=1S/C19H25BrN2OS/c1-13(14-7-9-15(20)10-8-14)22-17(23)12-21-18(19(2,3)4)16-6-5-11-24-16/h5-11,13,18,21H,12H2,1-4H3,(H,22,23)/t13-,18+/m1/s1. The molecular formula is C19H25BrN2OS. The number of rotatable bonds is 6. The molecule has 3 nitrogen and oxygen atoms in total. The van der Waals surface area contributed by atoms with Crippen LogP contribution in [-0.4, -0.2) is 12.5 Å². The zero-order chi connectivity index (χ0) is 17.7. The summed E-state index contributed by atoms with van der Waals surface area (Å²) in [6.45, 7) is 8.87. The van der Waals surface area contributed by atoms with Gasteiger partial charge in [-0.3, -0.25) is 4.79 Å². The molecule has 0 spiro atoms. The number of halogens is 1. The topological polar surface area (TPSA) is 41.1 Å². The fraction of sp³-hybridized carbons (Fsp3) is 0.421. The molecule has 5 heteroatoms. The van der Waals surface area contributed by atoms with Crippen LogP contribution in [-0.2, 0) is 4.79 Å². The quantitative estimate of drug-likeness (QED) is 0.700. The first-order valence-corrected chi connectivity index (χ1v) is 9.76. The Kier molecular flexibility index (Phi) is 6.61. The molecule has 0 fully saturated rings. The summed E-state index contributed by atoms with van der Waals surface area (Å²) in [6.07, 6.45) is 0. The highest BCUT2D eigenvalue weighted by Crippen LogP contribution is 2.34. The number of thiophene rings is 1. The molecule has 1 aromatic carbocycles. The van der Waals surface area contributed by atoms with Crippen LogP contribution in [0.2, 0.25) is 0 Å². The third-order valence-corrected chi connectivity index (χ3v) is 5.37. The van der Waals surface area contributed by atoms with Crippen LogP contribution < -0.4 is 10.6 Å². The first-order chi connectivity index (χ1) is 11.3. The van der Waals surface area contributed by atoms with Gasteiger partial charge in [0.25, 0.3) is 0 Å². The summed E-state index contributed by atoms with van der Waals surface area (Å²) in [4.78, 5) is 13.6. The Morgan fingerprint density at radius 2 is 1.88 bits per heavy atom. The average Bonchev–Trinajstić information content (AvgIpc) is 3.00. The second kappa shape index (κ2) is 8.28. The van der Waals surface area contributed by atoms with Crippen molar-refractivity contribution >= 4 is 33.2 Å². The van der Waals surface area contributed by atoms with E-state index in [4.69, 9.17) is 0 Å². The van der Waals surface area contributed by atoms with Crippen LogP contribution in [0.4, 0.5) is 0 Å². The minimum atomic E-state index is -0.0118. The van der Waals surface area contributed by atoms with Gasteiger partial charge in [-0.15, -0.1) is 11.3 Å². The summed E-state index contributed by atoms with van der Waals surface area (Å²) in [6, 6.07) is 12.3. The van der Waals surface area contributed by atoms with Crippen molar-refractivity contribution in [1.82, 2.24) is 10.6 Å². The van der Waals surface area contributed by atoms with E-state index >= 15 is 0 Å². The number of carbonyl (C=O) groups is 1. The molecule has 0 saturated carbocycles. The van der Waals surface area contributed by atoms with Gasteiger partial charge in [0, 0.05) is 15.4 Å². The number of amides is 1. The number of carbonyl (C=O) groups excluding carboxylic acids is 1. The Balaban J connectivity index is 1.92. The zero-order valence-electron chi connectivity index (χ0n) is 14.6. The van der Waals surface area contributed by atoms with E-state index in [-0.39, 0.29) is 23.4 Å². The van der Waals surface area contributed by atoms with Crippen LogP contribution in [0.5, 0.6) is 0 Å². The molecule has 1 heterocycles. The molecule has 0 aliphatic heterocycles. The van der Waals surface area contributed by atoms with E-state index in [1.807, 2.05) is 31.2 Å². The maximum absolute atomic E-state index is 12.3. The van der Waals surface area contributed by atoms with Crippen molar-refractivity contribution in [3.05, 3.63) is 56.7 Å². The molecule has 2 rings (SSSR count). The highest BCUT2D eigenvalue weighted by Gasteiger charge is 2.27. The molecule has 2 aromatic rings. The molecule has 1 aromatic heterocycles. The highest BCUT2D eigenvalue weighted by molar-refractivity contribution is 9.10. The molecule has 0 aliphatic rings. The summed E-state index contributed by atoms with van der Waals surface area (Å²) in [5.41, 5.74) is 1.14. The van der Waals surface area contributed by atoms with Gasteiger partial charge in [0.15, 0.2) is 0 Å². The number of hydrogen-bond donors (Lipinski definition) is 2. The normalized spacial score (nSPS) is 14.2. The predicted octanol–water partition coefficient (Wildman–Crippen LogP) is 5.06. The lowest BCUT2D eigenvalue weighted by Gasteiger charge is -2.31. The monoisotopic (exact) mass is 408 g/mol. The van der Waals surface area contributed by atoms with E-state index in [0.29, 0.717) is 6.54 Å². The van der Waals surface area contributed by atoms with Gasteiger partial charge < -0.3 is 10.6 Å². The summed E-state index contributed by atoms with van der Waals surface area (Å²) >= 11 is 5.15. The van der Waals surface area contributed by atoms with Crippen molar-refractivity contribution in [3.63, 3.8) is 0 Å². The molecule has 2 N–H and O–H groups in total. The van der Waals surface area contributed by atoms with Crippen molar-refractivity contribution in [2.45, 2.75) is 39.8 Å². The molecule has 2 atom stereocenters. The lowest BCUT2D eigenvalue weighted by molar-refractivity contribution is -0.121. The van der Waals surface area contributed by atoms with Gasteiger partial charge in [0.1, 0.15) is 0 Å². The second-order valence-corrected chi connectivity index (χ2v) is 8.93. The summed E-state index contributed by atoms with van der Waals surface area (Å²) in [7, 11) is 0. The number of hydrogen-bond acceptors (Lipinski definition) is 3. The smallest absolute Gasteiger partial charge is 0.234 e. The van der Waals surface area contributed by atoms with Crippen molar-refractivity contribution in [1.29, 1.82) is 0 Å². The molecule has 24 heavy (non-hydrogen) atoms. The van der Waals surface area contributed by atoms with Gasteiger partial charge in [-0.1, -0.05) is 54.9 Å². The Morgan fingerprint density at radius 3 is 2.42 bits per heavy atom. The largest absolute Gasteiger partial charge is 0.348 e. The average molecular weight is 409 g/mol. The SMILES string of the molecule is C[C@@H](NC(=O)CN[C@@H](c1cccs1)C(C)(C)C)c1ccc(Br)cc1. The van der Waals surface area contributed by atoms with E-state index in [0.717, 1.165) is 10.0 Å². The molecule has 1 amide bonds. The minimum absolute atomic E-state index is 0.0104. The number of nitrogens with one attached hydrogen (secondary N) is 2. The van der Waals surface area contributed by atoms with E-state index in [2.05, 4.69) is 64.8 Å². The zero-order valence-corrected chi connectivity index (χ0v) is 17.0. The molecule has 130 valence electrons. The van der Waals surface area contributed by atoms with Gasteiger partial charge in [-0.25, -0.2) is 0 Å². The summed E-state index contributed by atoms with van der Waals surface area (Å²) in [5.74, 6) is 0.0104. The second-order valence-electron chi connectivity index (χ2n) is 7.04. The molecule has 0 unspecified atom stereocenters. The van der Waals surface area contributed by atoms with Crippen LogP contribution in [0, 0.1) is 5.41 Å². The summed E-state index contributed by atoms with van der Waals surface area (Å²) in [5, 5.41) is 8.55. The van der Waals surface area contributed by atoms with E-state index < -0.39 is 0 Å². The van der Waals surface area contributed by atoms with Crippen LogP contribution >= 0.6 is 27.3 Å². The van der Waals surface area contributed by atoms with Crippen LogP contribution in [0.15, 0.2) is 46.3 Å². The van der Waals surface area contributed by atoms with Gasteiger partial charge in [-0.05, 0) is 41.5 Å². The maximum Gasteiger partial charge on any atom is 0.234 e. The third-order valence-electron chi connectivity index (χ3n) is 3.91. The van der Waals surface area contributed by atoms with Crippen LogP contribution in [0.25, 0.3) is 0 Å². The van der Waals surface area contributed by atoms with Crippen molar-refractivity contribution in [3.8, 4) is 0 Å². The fourth-order valence-corrected chi connectivity index (χ4v) is 3.92. The predicted molar refractivity (Wildman–Crippen MR) is 105 cm³/mol. The van der Waals surface area contributed by atoms with Crippen molar-refractivity contribution in [2.75, 3.05) is 6.54 Å². The minimum Gasteiger partial charge on any atom is -0.348 e. The van der Waals surface area contributed by atoms with Crippen molar-refractivity contribution in [2.24, 2.45) is 5.41 Å². The lowest BCUT2D eigenvalue weighted by atomic mass is 9.86. The molecule has 0 aliphatic carbocycles. The Bertz CT molecular complexity index is 647. The Morgan fingerprint density at radius 1 is 1.21 bits per heavy atom. The fourth-order valence-electron chi connectivity index (χ4n) is 2.61. The van der Waals surface area contributed by atoms with Crippen LogP contribution in [0.3, 0.4) is 0 Å². The third kappa shape index (κ3) is 5.43. The van der Waals surface area contributed by atoms with Gasteiger partial charge >= 0.3 is 0 Å². The van der Waals surface area contributed by atoms with Gasteiger partial charge in [0.05, 0.1) is 12.6 Å². The van der Waals surface area contributed by atoms with Crippen molar-refractivity contribution < 1.29 is 4.79 Å². The molecule has 0 bridgehead atoms. The van der Waals surface area contributed by atoms with E-state index in [1.165, 1.54) is 4.88 Å². The van der Waals surface area contributed by atoms with Gasteiger partial charge in [-0.2, -0.15) is 0 Å². The van der Waals surface area contributed by atoms with Crippen LogP contribution in [0.1, 0.15) is 50.2 Å². The first kappa shape index (κ1) is 19.2. The van der Waals surface area contributed by atoms with E-state index in [9.17, 15) is 4.79 Å². The molecule has 0 radical (unpaired) electrons. The number of benzene rings is 1. The van der Waals surface area contributed by atoms with E-state index in [1.54, 1.807) is 11.3 Å². The highest BCUT2D eigenvalue weighted by atomic mass is 79.9. The lowest BCUT2D eigenvalue weighted by Crippen LogP contribution is -2.40.